The number of amides is 1. The summed E-state index contributed by atoms with van der Waals surface area (Å²) in [6, 6.07) is 5.43. The van der Waals surface area contributed by atoms with Gasteiger partial charge in [0.2, 0.25) is 0 Å². The minimum absolute atomic E-state index is 0.269. The Bertz CT molecular complexity index is 444. The van der Waals surface area contributed by atoms with Crippen LogP contribution >= 0.6 is 0 Å². The van der Waals surface area contributed by atoms with Gasteiger partial charge >= 0.3 is 16.2 Å². The summed E-state index contributed by atoms with van der Waals surface area (Å²) in [5.41, 5.74) is 0.808. The molecule has 16 heavy (non-hydrogen) atoms. The van der Waals surface area contributed by atoms with Crippen molar-refractivity contribution in [2.24, 2.45) is 0 Å². The van der Waals surface area contributed by atoms with Crippen LogP contribution in [0.1, 0.15) is 5.69 Å². The molecule has 1 rings (SSSR count). The molecule has 1 aromatic heterocycles. The van der Waals surface area contributed by atoms with Crippen molar-refractivity contribution < 1.29 is 17.4 Å². The molecule has 1 aromatic rings. The number of nitrogens with zero attached hydrogens (tertiary/aromatic N) is 1. The van der Waals surface area contributed by atoms with Gasteiger partial charge in [-0.2, -0.15) is 8.42 Å². The van der Waals surface area contributed by atoms with Crippen LogP contribution in [0.4, 0.5) is 4.79 Å². The highest BCUT2D eigenvalue weighted by atomic mass is 32.2. The number of pyridine rings is 1. The molecule has 1 heterocycles. The zero-order valence-corrected chi connectivity index (χ0v) is 9.53. The highest BCUT2D eigenvalue weighted by Crippen LogP contribution is 1.94. The molecule has 0 aliphatic carbocycles. The second-order valence-electron chi connectivity index (χ2n) is 3.07. The van der Waals surface area contributed by atoms with Gasteiger partial charge in [-0.1, -0.05) is 6.07 Å². The molecular formula is C9H12N2O4S. The number of carbonyl (C=O) groups is 1. The first-order valence-electron chi connectivity index (χ1n) is 4.54. The Hall–Kier alpha value is -1.63. The van der Waals surface area contributed by atoms with Crippen molar-refractivity contribution in [1.29, 1.82) is 0 Å². The Labute approximate surface area is 93.8 Å². The van der Waals surface area contributed by atoms with E-state index in [1.807, 2.05) is 12.1 Å². The molecule has 0 aliphatic rings. The van der Waals surface area contributed by atoms with E-state index in [4.69, 9.17) is 0 Å². The van der Waals surface area contributed by atoms with Crippen molar-refractivity contribution in [3.05, 3.63) is 30.1 Å². The fraction of sp³-hybridized carbons (Fsp3) is 0.333. The van der Waals surface area contributed by atoms with Gasteiger partial charge in [0.05, 0.1) is 6.26 Å². The van der Waals surface area contributed by atoms with Gasteiger partial charge in [-0.25, -0.2) is 4.79 Å². The maximum absolute atomic E-state index is 10.9. The molecule has 0 spiro atoms. The summed E-state index contributed by atoms with van der Waals surface area (Å²) >= 11 is 0. The van der Waals surface area contributed by atoms with Gasteiger partial charge in [-0.05, 0) is 12.1 Å². The quantitative estimate of drug-likeness (QED) is 0.770. The van der Waals surface area contributed by atoms with E-state index in [1.165, 1.54) is 0 Å². The second kappa shape index (κ2) is 5.45. The Morgan fingerprint density at radius 2 is 2.25 bits per heavy atom. The summed E-state index contributed by atoms with van der Waals surface area (Å²) in [4.78, 5) is 15.0. The van der Waals surface area contributed by atoms with Crippen molar-refractivity contribution in [3.63, 3.8) is 0 Å². The van der Waals surface area contributed by atoms with Gasteiger partial charge in [-0.3, -0.25) is 4.98 Å². The predicted octanol–water partition coefficient (Wildman–Crippen LogP) is 0.310. The van der Waals surface area contributed by atoms with Crippen LogP contribution in [0, 0.1) is 0 Å². The summed E-state index contributed by atoms with van der Waals surface area (Å²) in [5, 5.41) is 2.31. The van der Waals surface area contributed by atoms with Crippen molar-refractivity contribution in [2.75, 3.05) is 12.8 Å². The molecule has 0 aromatic carbocycles. The zero-order chi connectivity index (χ0) is 12.0. The third-order valence-electron chi connectivity index (χ3n) is 1.60. The summed E-state index contributed by atoms with van der Waals surface area (Å²) in [6.07, 6.45) is 1.99. The van der Waals surface area contributed by atoms with Crippen LogP contribution in [0.5, 0.6) is 0 Å². The molecule has 0 fully saturated rings. The third-order valence-corrected chi connectivity index (χ3v) is 2.06. The first-order valence-corrected chi connectivity index (χ1v) is 6.36. The monoisotopic (exact) mass is 244 g/mol. The normalized spacial score (nSPS) is 10.8. The lowest BCUT2D eigenvalue weighted by atomic mass is 10.3. The van der Waals surface area contributed by atoms with Crippen molar-refractivity contribution in [3.8, 4) is 0 Å². The molecule has 0 saturated carbocycles. The molecule has 7 heteroatoms. The summed E-state index contributed by atoms with van der Waals surface area (Å²) in [5.74, 6) is 0. The Morgan fingerprint density at radius 3 is 2.81 bits per heavy atom. The minimum Gasteiger partial charge on any atom is -0.328 e. The number of rotatable bonds is 4. The smallest absolute Gasteiger partial charge is 0.328 e. The number of hydrogen-bond acceptors (Lipinski definition) is 5. The largest absolute Gasteiger partial charge is 0.422 e. The highest BCUT2D eigenvalue weighted by Gasteiger charge is 2.09. The van der Waals surface area contributed by atoms with E-state index in [2.05, 4.69) is 14.5 Å². The van der Waals surface area contributed by atoms with E-state index >= 15 is 0 Å². The maximum Gasteiger partial charge on any atom is 0.422 e. The standard InChI is InChI=1S/C9H12N2O4S/c1-16(13,14)15-9(12)11-7-5-8-4-2-3-6-10-8/h2-4,6H,5,7H2,1H3,(H,11,12). The highest BCUT2D eigenvalue weighted by molar-refractivity contribution is 7.86. The Kier molecular flexibility index (Phi) is 4.24. The van der Waals surface area contributed by atoms with Gasteiger partial charge in [-0.15, -0.1) is 0 Å². The maximum atomic E-state index is 10.9. The molecule has 88 valence electrons. The molecule has 0 saturated heterocycles. The van der Waals surface area contributed by atoms with Gasteiger partial charge in [0.25, 0.3) is 0 Å². The van der Waals surface area contributed by atoms with Gasteiger partial charge in [0.15, 0.2) is 0 Å². The van der Waals surface area contributed by atoms with Crippen LogP contribution in [-0.2, 0) is 20.7 Å². The molecular weight excluding hydrogens is 232 g/mol. The first kappa shape index (κ1) is 12.4. The molecule has 0 atom stereocenters. The van der Waals surface area contributed by atoms with Crippen molar-refractivity contribution >= 4 is 16.2 Å². The predicted molar refractivity (Wildman–Crippen MR) is 57.3 cm³/mol. The summed E-state index contributed by atoms with van der Waals surface area (Å²) in [7, 11) is -3.75. The topological polar surface area (TPSA) is 85.4 Å². The van der Waals surface area contributed by atoms with Crippen molar-refractivity contribution in [2.45, 2.75) is 6.42 Å². The zero-order valence-electron chi connectivity index (χ0n) is 8.71. The summed E-state index contributed by atoms with van der Waals surface area (Å²) < 4.78 is 25.2. The lowest BCUT2D eigenvalue weighted by Crippen LogP contribution is -2.28. The van der Waals surface area contributed by atoms with Crippen LogP contribution < -0.4 is 5.32 Å². The second-order valence-corrected chi connectivity index (χ2v) is 4.65. The number of carbonyl (C=O) groups excluding carboxylic acids is 1. The van der Waals surface area contributed by atoms with E-state index < -0.39 is 16.2 Å². The minimum atomic E-state index is -3.75. The average molecular weight is 244 g/mol. The first-order chi connectivity index (χ1) is 7.47. The van der Waals surface area contributed by atoms with Gasteiger partial charge in [0.1, 0.15) is 0 Å². The average Bonchev–Trinajstić information content (AvgIpc) is 2.16. The molecule has 0 radical (unpaired) electrons. The van der Waals surface area contributed by atoms with Gasteiger partial charge < -0.3 is 9.50 Å². The Balaban J connectivity index is 2.29. The molecule has 0 bridgehead atoms. The number of hydrogen-bond donors (Lipinski definition) is 1. The molecule has 1 amide bonds. The lowest BCUT2D eigenvalue weighted by Gasteiger charge is -2.04. The van der Waals surface area contributed by atoms with Crippen LogP contribution in [0.25, 0.3) is 0 Å². The SMILES string of the molecule is CS(=O)(=O)OC(=O)NCCc1ccccn1. The molecule has 6 nitrogen and oxygen atoms in total. The molecule has 1 N–H and O–H groups in total. The van der Waals surface area contributed by atoms with Gasteiger partial charge in [0, 0.05) is 24.9 Å². The van der Waals surface area contributed by atoms with Crippen LogP contribution in [0.3, 0.4) is 0 Å². The van der Waals surface area contributed by atoms with Crippen LogP contribution in [0.2, 0.25) is 0 Å². The van der Waals surface area contributed by atoms with E-state index in [0.717, 1.165) is 11.9 Å². The van der Waals surface area contributed by atoms with Crippen LogP contribution in [-0.4, -0.2) is 32.3 Å². The number of nitrogens with one attached hydrogen (secondary N) is 1. The van der Waals surface area contributed by atoms with E-state index in [0.29, 0.717) is 6.42 Å². The fourth-order valence-corrected chi connectivity index (χ4v) is 1.34. The fourth-order valence-electron chi connectivity index (χ4n) is 1.01. The van der Waals surface area contributed by atoms with E-state index in [-0.39, 0.29) is 6.54 Å². The third kappa shape index (κ3) is 5.30. The van der Waals surface area contributed by atoms with Crippen molar-refractivity contribution in [1.82, 2.24) is 10.3 Å². The van der Waals surface area contributed by atoms with Crippen LogP contribution in [0.15, 0.2) is 24.4 Å². The molecule has 0 aliphatic heterocycles. The summed E-state index contributed by atoms with van der Waals surface area (Å²) in [6.45, 7) is 0.269. The lowest BCUT2D eigenvalue weighted by molar-refractivity contribution is 0.203. The number of aromatic nitrogens is 1. The van der Waals surface area contributed by atoms with E-state index in [9.17, 15) is 13.2 Å². The Morgan fingerprint density at radius 1 is 1.50 bits per heavy atom. The molecule has 0 unspecified atom stereocenters. The van der Waals surface area contributed by atoms with E-state index in [1.54, 1.807) is 12.3 Å².